The Labute approximate surface area is 114 Å². The summed E-state index contributed by atoms with van der Waals surface area (Å²) in [6.45, 7) is 1.46. The van der Waals surface area contributed by atoms with Gasteiger partial charge in [0.25, 0.3) is 0 Å². The molecule has 0 spiro atoms. The van der Waals surface area contributed by atoms with Gasteiger partial charge in [0.1, 0.15) is 5.75 Å². The van der Waals surface area contributed by atoms with Crippen molar-refractivity contribution >= 4 is 0 Å². The molecule has 2 N–H and O–H groups in total. The molecule has 19 heavy (non-hydrogen) atoms. The molecular weight excluding hydrogens is 234 g/mol. The molecule has 2 aromatic rings. The first-order valence-corrected chi connectivity index (χ1v) is 6.85. The van der Waals surface area contributed by atoms with Gasteiger partial charge in [-0.25, -0.2) is 0 Å². The number of ether oxygens (including phenoxy) is 1. The van der Waals surface area contributed by atoms with E-state index in [2.05, 4.69) is 42.5 Å². The maximum atomic E-state index is 5.96. The number of nitrogens with two attached hydrogens (primary N) is 1. The van der Waals surface area contributed by atoms with Crippen LogP contribution < -0.4 is 10.5 Å². The smallest absolute Gasteiger partial charge is 0.122 e. The zero-order valence-electron chi connectivity index (χ0n) is 11.0. The fourth-order valence-electron chi connectivity index (χ4n) is 2.86. The van der Waals surface area contributed by atoms with E-state index in [9.17, 15) is 0 Å². The molecule has 0 aliphatic carbocycles. The average Bonchev–Trinajstić information content (AvgIpc) is 2.89. The normalized spacial score (nSPS) is 18.7. The second-order valence-electron chi connectivity index (χ2n) is 5.12. The second kappa shape index (κ2) is 5.45. The van der Waals surface area contributed by atoms with Gasteiger partial charge >= 0.3 is 0 Å². The van der Waals surface area contributed by atoms with Crippen LogP contribution in [0.25, 0.3) is 0 Å². The Balaban J connectivity index is 1.78. The standard InChI is InChI=1S/C17H19NO/c18-11-14(13-6-2-1-3-7-13)10-15-12-19-17-9-5-4-8-16(15)17/h1-9,14-15H,10-12,18H2. The van der Waals surface area contributed by atoms with Crippen molar-refractivity contribution in [3.8, 4) is 5.75 Å². The van der Waals surface area contributed by atoms with Crippen LogP contribution in [0.4, 0.5) is 0 Å². The molecule has 1 aliphatic heterocycles. The summed E-state index contributed by atoms with van der Waals surface area (Å²) < 4.78 is 5.75. The lowest BCUT2D eigenvalue weighted by Crippen LogP contribution is -2.16. The van der Waals surface area contributed by atoms with Gasteiger partial charge in [0.05, 0.1) is 6.61 Å². The second-order valence-corrected chi connectivity index (χ2v) is 5.12. The molecule has 2 aromatic carbocycles. The van der Waals surface area contributed by atoms with Gasteiger partial charge in [-0.1, -0.05) is 48.5 Å². The minimum absolute atomic E-state index is 0.404. The van der Waals surface area contributed by atoms with E-state index in [1.807, 2.05) is 12.1 Å². The highest BCUT2D eigenvalue weighted by Crippen LogP contribution is 2.39. The van der Waals surface area contributed by atoms with E-state index in [4.69, 9.17) is 10.5 Å². The lowest BCUT2D eigenvalue weighted by molar-refractivity contribution is 0.319. The molecule has 2 heteroatoms. The molecular formula is C17H19NO. The Morgan fingerprint density at radius 1 is 1.05 bits per heavy atom. The van der Waals surface area contributed by atoms with Crippen molar-refractivity contribution < 1.29 is 4.74 Å². The van der Waals surface area contributed by atoms with Gasteiger partial charge in [-0.15, -0.1) is 0 Å². The van der Waals surface area contributed by atoms with Crippen molar-refractivity contribution in [3.63, 3.8) is 0 Å². The van der Waals surface area contributed by atoms with Crippen LogP contribution in [0.2, 0.25) is 0 Å². The van der Waals surface area contributed by atoms with Crippen LogP contribution in [-0.4, -0.2) is 13.2 Å². The van der Waals surface area contributed by atoms with Crippen LogP contribution in [0, 0.1) is 0 Å². The maximum Gasteiger partial charge on any atom is 0.122 e. The predicted molar refractivity (Wildman–Crippen MR) is 77.5 cm³/mol. The molecule has 0 radical (unpaired) electrons. The van der Waals surface area contributed by atoms with Crippen LogP contribution in [-0.2, 0) is 0 Å². The van der Waals surface area contributed by atoms with Crippen LogP contribution in [0.5, 0.6) is 5.75 Å². The van der Waals surface area contributed by atoms with Gasteiger partial charge < -0.3 is 10.5 Å². The SMILES string of the molecule is NCC(CC1COc2ccccc21)c1ccccc1. The largest absolute Gasteiger partial charge is 0.493 e. The summed E-state index contributed by atoms with van der Waals surface area (Å²) in [4.78, 5) is 0. The summed E-state index contributed by atoms with van der Waals surface area (Å²) in [7, 11) is 0. The number of para-hydroxylation sites is 1. The van der Waals surface area contributed by atoms with Crippen LogP contribution in [0.1, 0.15) is 29.4 Å². The molecule has 98 valence electrons. The summed E-state index contributed by atoms with van der Waals surface area (Å²) in [5.41, 5.74) is 8.62. The van der Waals surface area contributed by atoms with Gasteiger partial charge in [-0.2, -0.15) is 0 Å². The van der Waals surface area contributed by atoms with Crippen LogP contribution in [0.3, 0.4) is 0 Å². The highest BCUT2D eigenvalue weighted by Gasteiger charge is 2.26. The Kier molecular flexibility index (Phi) is 3.51. The molecule has 0 bridgehead atoms. The number of fused-ring (bicyclic) bond motifs is 1. The van der Waals surface area contributed by atoms with Gasteiger partial charge in [0.15, 0.2) is 0 Å². The third-order valence-corrected chi connectivity index (χ3v) is 3.92. The van der Waals surface area contributed by atoms with Gasteiger partial charge in [0, 0.05) is 11.5 Å². The number of hydrogen-bond acceptors (Lipinski definition) is 2. The van der Waals surface area contributed by atoms with Crippen LogP contribution in [0.15, 0.2) is 54.6 Å². The molecule has 0 amide bonds. The average molecular weight is 253 g/mol. The van der Waals surface area contributed by atoms with Crippen molar-refractivity contribution in [2.24, 2.45) is 5.73 Å². The van der Waals surface area contributed by atoms with Gasteiger partial charge in [-0.05, 0) is 30.5 Å². The van der Waals surface area contributed by atoms with E-state index in [-0.39, 0.29) is 0 Å². The molecule has 0 aromatic heterocycles. The Morgan fingerprint density at radius 3 is 2.58 bits per heavy atom. The van der Waals surface area contributed by atoms with Crippen molar-refractivity contribution in [1.29, 1.82) is 0 Å². The zero-order valence-corrected chi connectivity index (χ0v) is 11.0. The Morgan fingerprint density at radius 2 is 1.79 bits per heavy atom. The van der Waals surface area contributed by atoms with Gasteiger partial charge in [-0.3, -0.25) is 0 Å². The summed E-state index contributed by atoms with van der Waals surface area (Å²) in [6.07, 6.45) is 1.05. The maximum absolute atomic E-state index is 5.96. The first-order chi connectivity index (χ1) is 9.38. The first kappa shape index (κ1) is 12.2. The fourth-order valence-corrected chi connectivity index (χ4v) is 2.86. The van der Waals surface area contributed by atoms with Crippen molar-refractivity contribution in [2.75, 3.05) is 13.2 Å². The third-order valence-electron chi connectivity index (χ3n) is 3.92. The minimum Gasteiger partial charge on any atom is -0.493 e. The molecule has 3 rings (SSSR count). The molecule has 2 nitrogen and oxygen atoms in total. The summed E-state index contributed by atoms with van der Waals surface area (Å²) in [5, 5.41) is 0. The number of rotatable bonds is 4. The molecule has 1 heterocycles. The first-order valence-electron chi connectivity index (χ1n) is 6.85. The minimum atomic E-state index is 0.404. The summed E-state index contributed by atoms with van der Waals surface area (Å²) in [5.74, 6) is 1.90. The van der Waals surface area contributed by atoms with E-state index in [0.29, 0.717) is 18.4 Å². The van der Waals surface area contributed by atoms with E-state index >= 15 is 0 Å². The van der Waals surface area contributed by atoms with E-state index in [1.54, 1.807) is 0 Å². The predicted octanol–water partition coefficient (Wildman–Crippen LogP) is 3.30. The highest BCUT2D eigenvalue weighted by molar-refractivity contribution is 5.40. The topological polar surface area (TPSA) is 35.2 Å². The lowest BCUT2D eigenvalue weighted by Gasteiger charge is -2.19. The summed E-state index contributed by atoms with van der Waals surface area (Å²) in [6, 6.07) is 18.9. The molecule has 2 atom stereocenters. The quantitative estimate of drug-likeness (QED) is 0.907. The van der Waals surface area contributed by atoms with Crippen molar-refractivity contribution in [3.05, 3.63) is 65.7 Å². The van der Waals surface area contributed by atoms with Gasteiger partial charge in [0.2, 0.25) is 0 Å². The van der Waals surface area contributed by atoms with Crippen molar-refractivity contribution in [2.45, 2.75) is 18.3 Å². The van der Waals surface area contributed by atoms with E-state index in [1.165, 1.54) is 11.1 Å². The van der Waals surface area contributed by atoms with E-state index in [0.717, 1.165) is 18.8 Å². The monoisotopic (exact) mass is 253 g/mol. The van der Waals surface area contributed by atoms with Crippen LogP contribution >= 0.6 is 0 Å². The lowest BCUT2D eigenvalue weighted by atomic mass is 9.86. The summed E-state index contributed by atoms with van der Waals surface area (Å²) >= 11 is 0. The number of hydrogen-bond donors (Lipinski definition) is 1. The Hall–Kier alpha value is -1.80. The fraction of sp³-hybridized carbons (Fsp3) is 0.294. The Bertz CT molecular complexity index is 538. The van der Waals surface area contributed by atoms with Crippen molar-refractivity contribution in [1.82, 2.24) is 0 Å². The third kappa shape index (κ3) is 2.49. The molecule has 2 unspecified atom stereocenters. The highest BCUT2D eigenvalue weighted by atomic mass is 16.5. The molecule has 0 saturated carbocycles. The molecule has 0 saturated heterocycles. The zero-order chi connectivity index (χ0) is 13.1. The van der Waals surface area contributed by atoms with E-state index < -0.39 is 0 Å². The molecule has 0 fully saturated rings. The molecule has 1 aliphatic rings. The number of benzene rings is 2.